The maximum absolute atomic E-state index is 3.45. The van der Waals surface area contributed by atoms with Gasteiger partial charge < -0.3 is 0 Å². The Morgan fingerprint density at radius 2 is 2.06 bits per heavy atom. The third kappa shape index (κ3) is 1.60. The van der Waals surface area contributed by atoms with E-state index in [1.807, 2.05) is 0 Å². The third-order valence-corrected chi connectivity index (χ3v) is 3.63. The van der Waals surface area contributed by atoms with Crippen LogP contribution in [0.2, 0.25) is 0 Å². The Balaban J connectivity index is 2.15. The van der Waals surface area contributed by atoms with Gasteiger partial charge in [0.25, 0.3) is 0 Å². The third-order valence-electron chi connectivity index (χ3n) is 2.82. The van der Waals surface area contributed by atoms with Crippen molar-refractivity contribution in [3.63, 3.8) is 0 Å². The number of aromatic nitrogens is 1. The predicted molar refractivity (Wildman–Crippen MR) is 70.8 cm³/mol. The minimum atomic E-state index is 1.00. The number of nitrogens with one attached hydrogen (secondary N) is 1. The number of aromatic amines is 1. The van der Waals surface area contributed by atoms with Gasteiger partial charge in [0.2, 0.25) is 0 Å². The number of allylic oxidation sites excluding steroid dienone is 4. The molecule has 0 amide bonds. The second kappa shape index (κ2) is 3.89. The summed E-state index contributed by atoms with van der Waals surface area (Å²) in [6.07, 6.45) is 7.43. The Hall–Kier alpha value is -1.37. The number of hydrogen-bond acceptors (Lipinski definition) is 0. The van der Waals surface area contributed by atoms with Gasteiger partial charge in [-0.05, 0) is 0 Å². The van der Waals surface area contributed by atoms with Crippen LogP contribution in [0.25, 0.3) is 16.5 Å². The van der Waals surface area contributed by atoms with Gasteiger partial charge in [-0.15, -0.1) is 0 Å². The van der Waals surface area contributed by atoms with E-state index in [9.17, 15) is 0 Å². The molecule has 1 aromatic carbocycles. The van der Waals surface area contributed by atoms with Crippen LogP contribution in [0.3, 0.4) is 0 Å². The second-order valence-electron chi connectivity index (χ2n) is 3.91. The van der Waals surface area contributed by atoms with E-state index in [1.165, 1.54) is 26.6 Å². The van der Waals surface area contributed by atoms with E-state index in [2.05, 4.69) is 69.1 Å². The Labute approximate surface area is 102 Å². The normalized spacial score (nSPS) is 15.5. The Bertz CT molecular complexity index is 583. The van der Waals surface area contributed by atoms with Crippen molar-refractivity contribution in [1.82, 2.24) is 4.98 Å². The van der Waals surface area contributed by atoms with Crippen LogP contribution in [0.15, 0.2) is 48.6 Å². The van der Waals surface area contributed by atoms with E-state index in [0.29, 0.717) is 0 Å². The summed E-state index contributed by atoms with van der Waals surface area (Å²) in [5.41, 5.74) is 3.67. The van der Waals surface area contributed by atoms with E-state index in [-0.39, 0.29) is 0 Å². The van der Waals surface area contributed by atoms with Crippen LogP contribution in [0.1, 0.15) is 12.1 Å². The molecule has 2 heteroatoms. The molecule has 78 valence electrons. The van der Waals surface area contributed by atoms with Crippen molar-refractivity contribution >= 4 is 36.5 Å². The van der Waals surface area contributed by atoms with Crippen molar-refractivity contribution in [3.05, 3.63) is 54.3 Å². The van der Waals surface area contributed by atoms with Gasteiger partial charge in [-0.1, -0.05) is 0 Å². The van der Waals surface area contributed by atoms with Crippen LogP contribution in [0.5, 0.6) is 0 Å². The van der Waals surface area contributed by atoms with Gasteiger partial charge in [-0.2, -0.15) is 0 Å². The zero-order valence-corrected chi connectivity index (χ0v) is 10.4. The average Bonchev–Trinajstić information content (AvgIpc) is 2.73. The van der Waals surface area contributed by atoms with E-state index in [0.717, 1.165) is 6.42 Å². The van der Waals surface area contributed by atoms with Crippen LogP contribution in [0.4, 0.5) is 0 Å². The average molecular weight is 272 g/mol. The number of benzene rings is 1. The molecule has 0 unspecified atom stereocenters. The molecule has 1 heterocycles. The van der Waals surface area contributed by atoms with Gasteiger partial charge in [0.1, 0.15) is 0 Å². The summed E-state index contributed by atoms with van der Waals surface area (Å²) in [6.45, 7) is 0. The Morgan fingerprint density at radius 1 is 1.19 bits per heavy atom. The molecule has 0 aliphatic heterocycles. The molecule has 1 aromatic heterocycles. The molecule has 2 aromatic rings. The van der Waals surface area contributed by atoms with Gasteiger partial charge in [0.05, 0.1) is 0 Å². The van der Waals surface area contributed by atoms with Crippen molar-refractivity contribution in [1.29, 1.82) is 0 Å². The SMILES string of the molecule is [Se]=C1CC=CC=C1c1cc2ccccc2[nH]1. The number of para-hydroxylation sites is 1. The monoisotopic (exact) mass is 273 g/mol. The fourth-order valence-corrected chi connectivity index (χ4v) is 2.58. The number of H-pyrrole nitrogens is 1. The van der Waals surface area contributed by atoms with Crippen molar-refractivity contribution < 1.29 is 0 Å². The van der Waals surface area contributed by atoms with Crippen molar-refractivity contribution in [2.24, 2.45) is 0 Å². The summed E-state index contributed by atoms with van der Waals surface area (Å²) in [7, 11) is 0. The zero-order chi connectivity index (χ0) is 11.0. The van der Waals surface area contributed by atoms with Crippen LogP contribution in [0, 0.1) is 0 Å². The van der Waals surface area contributed by atoms with Crippen molar-refractivity contribution in [3.8, 4) is 0 Å². The molecule has 0 radical (unpaired) electrons. The minimum absolute atomic E-state index is 1.00. The summed E-state index contributed by atoms with van der Waals surface area (Å²) in [5.74, 6) is 0. The van der Waals surface area contributed by atoms with Gasteiger partial charge in [0.15, 0.2) is 0 Å². The molecule has 1 aliphatic rings. The molecule has 0 saturated heterocycles. The van der Waals surface area contributed by atoms with Crippen LogP contribution in [-0.2, 0) is 0 Å². The number of hydrogen-bond donors (Lipinski definition) is 1. The molecular weight excluding hydrogens is 261 g/mol. The topological polar surface area (TPSA) is 15.8 Å². The standard InChI is InChI=1S/C14H11NSe/c16-14-8-4-2-6-11(14)13-9-10-5-1-3-7-12(10)15-13/h1-7,9,15H,8H2. The molecular formula is C14H11NSe. The van der Waals surface area contributed by atoms with Gasteiger partial charge >= 0.3 is 102 Å². The van der Waals surface area contributed by atoms with Crippen LogP contribution in [-0.4, -0.2) is 25.0 Å². The molecule has 0 atom stereocenters. The Kier molecular flexibility index (Phi) is 2.39. The zero-order valence-electron chi connectivity index (χ0n) is 8.73. The summed E-state index contributed by atoms with van der Waals surface area (Å²) in [5, 5.41) is 1.26. The molecule has 1 N–H and O–H groups in total. The molecule has 1 aliphatic carbocycles. The van der Waals surface area contributed by atoms with E-state index in [1.54, 1.807) is 0 Å². The van der Waals surface area contributed by atoms with E-state index in [4.69, 9.17) is 0 Å². The molecule has 0 fully saturated rings. The van der Waals surface area contributed by atoms with Gasteiger partial charge in [0, 0.05) is 0 Å². The van der Waals surface area contributed by atoms with Crippen molar-refractivity contribution in [2.75, 3.05) is 0 Å². The summed E-state index contributed by atoms with van der Waals surface area (Å²) in [6, 6.07) is 10.6. The first kappa shape index (κ1) is 9.83. The first-order valence-electron chi connectivity index (χ1n) is 5.33. The summed E-state index contributed by atoms with van der Waals surface area (Å²) >= 11 is 3.15. The Morgan fingerprint density at radius 3 is 2.88 bits per heavy atom. The molecule has 0 saturated carbocycles. The first-order chi connectivity index (χ1) is 7.84. The summed E-state index contributed by atoms with van der Waals surface area (Å²) < 4.78 is 1.30. The van der Waals surface area contributed by atoms with E-state index < -0.39 is 0 Å². The maximum atomic E-state index is 3.45. The van der Waals surface area contributed by atoms with Gasteiger partial charge in [-0.25, -0.2) is 0 Å². The molecule has 0 spiro atoms. The van der Waals surface area contributed by atoms with Gasteiger partial charge in [-0.3, -0.25) is 0 Å². The number of fused-ring (bicyclic) bond motifs is 1. The van der Waals surface area contributed by atoms with E-state index >= 15 is 0 Å². The molecule has 16 heavy (non-hydrogen) atoms. The fraction of sp³-hybridized carbons (Fsp3) is 0.0714. The fourth-order valence-electron chi connectivity index (χ4n) is 2.00. The summed E-state index contributed by atoms with van der Waals surface area (Å²) in [4.78, 5) is 3.45. The first-order valence-corrected chi connectivity index (χ1v) is 6.18. The molecule has 1 nitrogen and oxygen atoms in total. The van der Waals surface area contributed by atoms with Crippen LogP contribution < -0.4 is 0 Å². The van der Waals surface area contributed by atoms with Crippen LogP contribution >= 0.6 is 0 Å². The number of rotatable bonds is 1. The molecule has 0 bridgehead atoms. The molecule has 3 rings (SSSR count). The van der Waals surface area contributed by atoms with Crippen molar-refractivity contribution in [2.45, 2.75) is 6.42 Å². The predicted octanol–water partition coefficient (Wildman–Crippen LogP) is 2.85. The quantitative estimate of drug-likeness (QED) is 0.768. The second-order valence-corrected chi connectivity index (χ2v) is 4.94.